The average Bonchev–Trinajstić information content (AvgIpc) is 2.40. The van der Waals surface area contributed by atoms with Crippen LogP contribution in [0.2, 0.25) is 5.02 Å². The second kappa shape index (κ2) is 5.57. The van der Waals surface area contributed by atoms with E-state index in [0.29, 0.717) is 18.1 Å². The molecule has 1 aliphatic heterocycles. The maximum atomic E-state index is 13.7. The van der Waals surface area contributed by atoms with Crippen LogP contribution in [0.3, 0.4) is 0 Å². The standard InChI is InChI=1S/C16H19ClFNO/c1-16(2,3)11-6-8-19(9-7-11)15(20)13-10-12(17)4-5-14(13)18/h4-6,10H,7-9H2,1-3H3. The Morgan fingerprint density at radius 1 is 1.35 bits per heavy atom. The van der Waals surface area contributed by atoms with Gasteiger partial charge < -0.3 is 4.90 Å². The van der Waals surface area contributed by atoms with Crippen molar-refractivity contribution in [2.75, 3.05) is 13.1 Å². The molecule has 1 aromatic carbocycles. The summed E-state index contributed by atoms with van der Waals surface area (Å²) >= 11 is 5.83. The fourth-order valence-corrected chi connectivity index (χ4v) is 2.54. The van der Waals surface area contributed by atoms with E-state index in [4.69, 9.17) is 11.6 Å². The lowest BCUT2D eigenvalue weighted by atomic mass is 9.83. The molecule has 0 atom stereocenters. The van der Waals surface area contributed by atoms with E-state index in [1.165, 1.54) is 23.8 Å². The fraction of sp³-hybridized carbons (Fsp3) is 0.438. The predicted molar refractivity (Wildman–Crippen MR) is 79.5 cm³/mol. The van der Waals surface area contributed by atoms with E-state index in [-0.39, 0.29) is 16.9 Å². The molecule has 108 valence electrons. The van der Waals surface area contributed by atoms with Gasteiger partial charge in [0.1, 0.15) is 5.82 Å². The lowest BCUT2D eigenvalue weighted by Gasteiger charge is -2.32. The van der Waals surface area contributed by atoms with Crippen molar-refractivity contribution in [3.05, 3.63) is 46.3 Å². The first-order valence-electron chi connectivity index (χ1n) is 6.73. The SMILES string of the molecule is CC(C)(C)C1=CCN(C(=O)c2cc(Cl)ccc2F)CC1. The summed E-state index contributed by atoms with van der Waals surface area (Å²) in [5, 5.41) is 0.373. The van der Waals surface area contributed by atoms with E-state index in [0.717, 1.165) is 6.42 Å². The number of hydrogen-bond acceptors (Lipinski definition) is 1. The topological polar surface area (TPSA) is 20.3 Å². The summed E-state index contributed by atoms with van der Waals surface area (Å²) in [5.41, 5.74) is 1.51. The monoisotopic (exact) mass is 295 g/mol. The van der Waals surface area contributed by atoms with Gasteiger partial charge in [-0.2, -0.15) is 0 Å². The van der Waals surface area contributed by atoms with Crippen LogP contribution in [0.25, 0.3) is 0 Å². The molecule has 0 N–H and O–H groups in total. The van der Waals surface area contributed by atoms with Crippen molar-refractivity contribution in [2.24, 2.45) is 5.41 Å². The number of benzene rings is 1. The van der Waals surface area contributed by atoms with E-state index < -0.39 is 5.82 Å². The molecule has 20 heavy (non-hydrogen) atoms. The van der Waals surface area contributed by atoms with E-state index in [1.807, 2.05) is 0 Å². The van der Waals surface area contributed by atoms with Crippen molar-refractivity contribution in [1.29, 1.82) is 0 Å². The lowest BCUT2D eigenvalue weighted by Crippen LogP contribution is -2.36. The molecule has 1 heterocycles. The second-order valence-electron chi connectivity index (χ2n) is 6.10. The number of rotatable bonds is 1. The molecule has 0 saturated heterocycles. The molecule has 2 rings (SSSR count). The summed E-state index contributed by atoms with van der Waals surface area (Å²) in [5.74, 6) is -0.820. The highest BCUT2D eigenvalue weighted by atomic mass is 35.5. The Hall–Kier alpha value is -1.35. The van der Waals surface area contributed by atoms with Gasteiger partial charge in [0.25, 0.3) is 5.91 Å². The van der Waals surface area contributed by atoms with Gasteiger partial charge in [-0.15, -0.1) is 0 Å². The number of carbonyl (C=O) groups excluding carboxylic acids is 1. The summed E-state index contributed by atoms with van der Waals surface area (Å²) in [4.78, 5) is 14.0. The number of hydrogen-bond donors (Lipinski definition) is 0. The summed E-state index contributed by atoms with van der Waals surface area (Å²) in [6.07, 6.45) is 2.90. The zero-order valence-corrected chi connectivity index (χ0v) is 12.8. The molecule has 1 aliphatic rings. The molecule has 0 bridgehead atoms. The van der Waals surface area contributed by atoms with Crippen LogP contribution in [0.5, 0.6) is 0 Å². The van der Waals surface area contributed by atoms with Gasteiger partial charge in [-0.25, -0.2) is 4.39 Å². The van der Waals surface area contributed by atoms with Crippen LogP contribution in [0.1, 0.15) is 37.6 Å². The third kappa shape index (κ3) is 3.21. The third-order valence-electron chi connectivity index (χ3n) is 3.62. The Bertz CT molecular complexity index is 560. The molecule has 4 heteroatoms. The number of carbonyl (C=O) groups is 1. The largest absolute Gasteiger partial charge is 0.335 e. The molecule has 0 aliphatic carbocycles. The fourth-order valence-electron chi connectivity index (χ4n) is 2.37. The molecular formula is C16H19ClFNO. The lowest BCUT2D eigenvalue weighted by molar-refractivity contribution is 0.0760. The van der Waals surface area contributed by atoms with Gasteiger partial charge in [-0.1, -0.05) is 44.0 Å². The maximum absolute atomic E-state index is 13.7. The van der Waals surface area contributed by atoms with Gasteiger partial charge >= 0.3 is 0 Å². The van der Waals surface area contributed by atoms with Crippen LogP contribution >= 0.6 is 11.6 Å². The van der Waals surface area contributed by atoms with E-state index in [9.17, 15) is 9.18 Å². The highest BCUT2D eigenvalue weighted by Crippen LogP contribution is 2.30. The minimum absolute atomic E-state index is 0.0464. The van der Waals surface area contributed by atoms with Crippen molar-refractivity contribution >= 4 is 17.5 Å². The molecule has 0 saturated carbocycles. The highest BCUT2D eigenvalue weighted by Gasteiger charge is 2.25. The predicted octanol–water partition coefficient (Wildman–Crippen LogP) is 4.30. The summed E-state index contributed by atoms with van der Waals surface area (Å²) in [6, 6.07) is 4.07. The second-order valence-corrected chi connectivity index (χ2v) is 6.54. The van der Waals surface area contributed by atoms with Gasteiger partial charge in [-0.3, -0.25) is 4.79 Å². The van der Waals surface area contributed by atoms with Crippen molar-refractivity contribution in [3.8, 4) is 0 Å². The van der Waals surface area contributed by atoms with E-state index >= 15 is 0 Å². The molecule has 0 radical (unpaired) electrons. The number of amides is 1. The van der Waals surface area contributed by atoms with Crippen LogP contribution in [0, 0.1) is 11.2 Å². The Morgan fingerprint density at radius 2 is 2.05 bits per heavy atom. The Labute approximate surface area is 124 Å². The van der Waals surface area contributed by atoms with Crippen LogP contribution in [0.15, 0.2) is 29.8 Å². The van der Waals surface area contributed by atoms with E-state index in [2.05, 4.69) is 26.8 Å². The number of nitrogens with zero attached hydrogens (tertiary/aromatic N) is 1. The Morgan fingerprint density at radius 3 is 2.60 bits per heavy atom. The molecule has 1 amide bonds. The molecule has 0 fully saturated rings. The Balaban J connectivity index is 2.17. The molecule has 0 aromatic heterocycles. The van der Waals surface area contributed by atoms with Gasteiger partial charge in [0.2, 0.25) is 0 Å². The van der Waals surface area contributed by atoms with Gasteiger partial charge in [0, 0.05) is 18.1 Å². The van der Waals surface area contributed by atoms with Gasteiger partial charge in [0.05, 0.1) is 5.56 Å². The quantitative estimate of drug-likeness (QED) is 0.708. The number of halogens is 2. The molecule has 0 spiro atoms. The first-order chi connectivity index (χ1) is 9.29. The first-order valence-corrected chi connectivity index (χ1v) is 7.10. The van der Waals surface area contributed by atoms with E-state index in [1.54, 1.807) is 4.90 Å². The smallest absolute Gasteiger partial charge is 0.257 e. The minimum Gasteiger partial charge on any atom is -0.335 e. The van der Waals surface area contributed by atoms with Crippen molar-refractivity contribution in [3.63, 3.8) is 0 Å². The van der Waals surface area contributed by atoms with Gasteiger partial charge in [-0.05, 0) is 30.0 Å². The summed E-state index contributed by atoms with van der Waals surface area (Å²) in [7, 11) is 0. The maximum Gasteiger partial charge on any atom is 0.257 e. The molecular weight excluding hydrogens is 277 g/mol. The van der Waals surface area contributed by atoms with Crippen molar-refractivity contribution in [1.82, 2.24) is 4.90 Å². The average molecular weight is 296 g/mol. The highest BCUT2D eigenvalue weighted by molar-refractivity contribution is 6.31. The normalized spacial score (nSPS) is 16.1. The van der Waals surface area contributed by atoms with Crippen LogP contribution in [-0.2, 0) is 0 Å². The van der Waals surface area contributed by atoms with Crippen LogP contribution in [0.4, 0.5) is 4.39 Å². The molecule has 2 nitrogen and oxygen atoms in total. The summed E-state index contributed by atoms with van der Waals surface area (Å²) in [6.45, 7) is 7.62. The zero-order valence-electron chi connectivity index (χ0n) is 12.0. The van der Waals surface area contributed by atoms with Crippen LogP contribution in [-0.4, -0.2) is 23.9 Å². The van der Waals surface area contributed by atoms with Crippen molar-refractivity contribution in [2.45, 2.75) is 27.2 Å². The Kier molecular flexibility index (Phi) is 4.19. The third-order valence-corrected chi connectivity index (χ3v) is 3.85. The minimum atomic E-state index is -0.523. The first kappa shape index (κ1) is 15.0. The molecule has 0 unspecified atom stereocenters. The molecule has 1 aromatic rings. The summed E-state index contributed by atoms with van der Waals surface area (Å²) < 4.78 is 13.7. The van der Waals surface area contributed by atoms with Crippen molar-refractivity contribution < 1.29 is 9.18 Å². The zero-order chi connectivity index (χ0) is 14.9. The van der Waals surface area contributed by atoms with Crippen LogP contribution < -0.4 is 0 Å². The van der Waals surface area contributed by atoms with Gasteiger partial charge in [0.15, 0.2) is 0 Å².